The Kier molecular flexibility index (Phi) is 3.82. The van der Waals surface area contributed by atoms with Crippen LogP contribution in [0.4, 0.5) is 0 Å². The van der Waals surface area contributed by atoms with Gasteiger partial charge in [0.15, 0.2) is 0 Å². The molecule has 0 atom stereocenters. The first kappa shape index (κ1) is 11.9. The molecule has 1 amide bonds. The minimum atomic E-state index is -0.183. The zero-order valence-electron chi connectivity index (χ0n) is 10.0. The lowest BCUT2D eigenvalue weighted by molar-refractivity contribution is -0.123. The van der Waals surface area contributed by atoms with Crippen molar-refractivity contribution in [1.82, 2.24) is 10.2 Å². The second-order valence-corrected chi connectivity index (χ2v) is 5.29. The van der Waals surface area contributed by atoms with E-state index in [1.54, 1.807) is 0 Å². The summed E-state index contributed by atoms with van der Waals surface area (Å²) in [5.74, 6) is 0.126. The Hall–Kier alpha value is -0.610. The molecule has 2 rings (SSSR count). The summed E-state index contributed by atoms with van der Waals surface area (Å²) in [7, 11) is 0. The van der Waals surface area contributed by atoms with Crippen molar-refractivity contribution in [2.24, 2.45) is 5.73 Å². The summed E-state index contributed by atoms with van der Waals surface area (Å²) in [5.41, 5.74) is 5.84. The van der Waals surface area contributed by atoms with Crippen LogP contribution in [0.15, 0.2) is 0 Å². The third-order valence-electron chi connectivity index (χ3n) is 3.81. The number of amides is 1. The summed E-state index contributed by atoms with van der Waals surface area (Å²) >= 11 is 0. The summed E-state index contributed by atoms with van der Waals surface area (Å²) in [5, 5.41) is 2.97. The van der Waals surface area contributed by atoms with Crippen LogP contribution in [0.3, 0.4) is 0 Å². The fourth-order valence-corrected chi connectivity index (χ4v) is 2.55. The standard InChI is InChI=1S/C12H23N3O/c13-12(4-3-5-12)10-11(16)14-6-9-15-7-1-2-8-15/h1-10,13H2,(H,14,16). The van der Waals surface area contributed by atoms with Crippen molar-refractivity contribution in [3.05, 3.63) is 0 Å². The highest BCUT2D eigenvalue weighted by Crippen LogP contribution is 2.31. The van der Waals surface area contributed by atoms with Gasteiger partial charge >= 0.3 is 0 Å². The molecule has 92 valence electrons. The van der Waals surface area contributed by atoms with Crippen LogP contribution in [0, 0.1) is 0 Å². The molecule has 1 aliphatic heterocycles. The first-order valence-corrected chi connectivity index (χ1v) is 6.46. The molecule has 1 saturated heterocycles. The second-order valence-electron chi connectivity index (χ2n) is 5.29. The molecule has 0 radical (unpaired) electrons. The van der Waals surface area contributed by atoms with Crippen LogP contribution in [0.25, 0.3) is 0 Å². The van der Waals surface area contributed by atoms with Gasteiger partial charge in [0, 0.05) is 25.0 Å². The van der Waals surface area contributed by atoms with Crippen LogP contribution >= 0.6 is 0 Å². The average molecular weight is 225 g/mol. The van der Waals surface area contributed by atoms with Gasteiger partial charge in [-0.25, -0.2) is 0 Å². The quantitative estimate of drug-likeness (QED) is 0.715. The molecule has 1 saturated carbocycles. The normalized spacial score (nSPS) is 24.1. The largest absolute Gasteiger partial charge is 0.355 e. The van der Waals surface area contributed by atoms with Crippen LogP contribution in [0.1, 0.15) is 38.5 Å². The van der Waals surface area contributed by atoms with E-state index in [1.165, 1.54) is 32.4 Å². The SMILES string of the molecule is NC1(CC(=O)NCCN2CCCC2)CCC1. The van der Waals surface area contributed by atoms with E-state index in [4.69, 9.17) is 5.73 Å². The molecule has 1 heterocycles. The molecule has 4 heteroatoms. The van der Waals surface area contributed by atoms with Crippen molar-refractivity contribution in [2.45, 2.75) is 44.1 Å². The fraction of sp³-hybridized carbons (Fsp3) is 0.917. The monoisotopic (exact) mass is 225 g/mol. The predicted molar refractivity (Wildman–Crippen MR) is 64.1 cm³/mol. The van der Waals surface area contributed by atoms with Gasteiger partial charge in [0.05, 0.1) is 0 Å². The molecule has 0 aromatic rings. The maximum atomic E-state index is 11.6. The molecule has 0 aromatic heterocycles. The summed E-state index contributed by atoms with van der Waals surface area (Å²) < 4.78 is 0. The van der Waals surface area contributed by atoms with Crippen molar-refractivity contribution in [3.8, 4) is 0 Å². The smallest absolute Gasteiger partial charge is 0.221 e. The van der Waals surface area contributed by atoms with E-state index >= 15 is 0 Å². The highest BCUT2D eigenvalue weighted by molar-refractivity contribution is 5.77. The van der Waals surface area contributed by atoms with Crippen molar-refractivity contribution >= 4 is 5.91 Å². The summed E-state index contributed by atoms with van der Waals surface area (Å²) in [6.45, 7) is 4.14. The lowest BCUT2D eigenvalue weighted by Gasteiger charge is -2.37. The number of nitrogens with two attached hydrogens (primary N) is 1. The first-order valence-electron chi connectivity index (χ1n) is 6.46. The molecular formula is C12H23N3O. The molecular weight excluding hydrogens is 202 g/mol. The van der Waals surface area contributed by atoms with Crippen molar-refractivity contribution in [1.29, 1.82) is 0 Å². The molecule has 0 bridgehead atoms. The molecule has 3 N–H and O–H groups in total. The Morgan fingerprint density at radius 1 is 1.25 bits per heavy atom. The summed E-state index contributed by atoms with van der Waals surface area (Å²) in [4.78, 5) is 14.0. The zero-order chi connectivity index (χ0) is 11.4. The van der Waals surface area contributed by atoms with Crippen molar-refractivity contribution in [2.75, 3.05) is 26.2 Å². The molecule has 16 heavy (non-hydrogen) atoms. The second kappa shape index (κ2) is 5.15. The lowest BCUT2D eigenvalue weighted by atomic mass is 9.75. The van der Waals surface area contributed by atoms with Gasteiger partial charge in [-0.3, -0.25) is 4.79 Å². The van der Waals surface area contributed by atoms with Crippen LogP contribution in [-0.4, -0.2) is 42.5 Å². The topological polar surface area (TPSA) is 58.4 Å². The average Bonchev–Trinajstić information content (AvgIpc) is 2.68. The van der Waals surface area contributed by atoms with Gasteiger partial charge in [-0.2, -0.15) is 0 Å². The van der Waals surface area contributed by atoms with Crippen LogP contribution in [-0.2, 0) is 4.79 Å². The van der Waals surface area contributed by atoms with Gasteiger partial charge in [0.25, 0.3) is 0 Å². The molecule has 4 nitrogen and oxygen atoms in total. The molecule has 2 aliphatic rings. The number of hydrogen-bond donors (Lipinski definition) is 2. The minimum Gasteiger partial charge on any atom is -0.355 e. The number of hydrogen-bond acceptors (Lipinski definition) is 3. The number of likely N-dealkylation sites (tertiary alicyclic amines) is 1. The van der Waals surface area contributed by atoms with Gasteiger partial charge in [-0.15, -0.1) is 0 Å². The molecule has 0 unspecified atom stereocenters. The highest BCUT2D eigenvalue weighted by atomic mass is 16.1. The van der Waals surface area contributed by atoms with Gasteiger partial charge in [0.2, 0.25) is 5.91 Å². The number of carbonyl (C=O) groups is 1. The Morgan fingerprint density at radius 2 is 1.94 bits per heavy atom. The van der Waals surface area contributed by atoms with E-state index in [-0.39, 0.29) is 11.4 Å². The van der Waals surface area contributed by atoms with E-state index in [1.807, 2.05) is 0 Å². The van der Waals surface area contributed by atoms with Crippen LogP contribution in [0.2, 0.25) is 0 Å². The molecule has 0 spiro atoms. The Bertz CT molecular complexity index is 245. The van der Waals surface area contributed by atoms with Gasteiger partial charge in [-0.1, -0.05) is 0 Å². The maximum Gasteiger partial charge on any atom is 0.221 e. The third-order valence-corrected chi connectivity index (χ3v) is 3.81. The van der Waals surface area contributed by atoms with Crippen LogP contribution in [0.5, 0.6) is 0 Å². The molecule has 1 aliphatic carbocycles. The predicted octanol–water partition coefficient (Wildman–Crippen LogP) is 0.470. The number of carbonyl (C=O) groups excluding carboxylic acids is 1. The van der Waals surface area contributed by atoms with E-state index in [0.717, 1.165) is 25.9 Å². The summed E-state index contributed by atoms with van der Waals surface area (Å²) in [6, 6.07) is 0. The van der Waals surface area contributed by atoms with E-state index in [0.29, 0.717) is 6.42 Å². The maximum absolute atomic E-state index is 11.6. The number of rotatable bonds is 5. The third kappa shape index (κ3) is 3.19. The Morgan fingerprint density at radius 3 is 2.50 bits per heavy atom. The number of nitrogens with zero attached hydrogens (tertiary/aromatic N) is 1. The lowest BCUT2D eigenvalue weighted by Crippen LogP contribution is -2.50. The summed E-state index contributed by atoms with van der Waals surface area (Å²) in [6.07, 6.45) is 6.31. The Labute approximate surface area is 97.6 Å². The van der Waals surface area contributed by atoms with E-state index in [2.05, 4.69) is 10.2 Å². The highest BCUT2D eigenvalue weighted by Gasteiger charge is 2.34. The zero-order valence-corrected chi connectivity index (χ0v) is 10.0. The van der Waals surface area contributed by atoms with Gasteiger partial charge in [-0.05, 0) is 45.2 Å². The first-order chi connectivity index (χ1) is 7.68. The fourth-order valence-electron chi connectivity index (χ4n) is 2.55. The Balaban J connectivity index is 1.56. The van der Waals surface area contributed by atoms with E-state index < -0.39 is 0 Å². The molecule has 0 aromatic carbocycles. The van der Waals surface area contributed by atoms with Crippen molar-refractivity contribution in [3.63, 3.8) is 0 Å². The molecule has 2 fully saturated rings. The van der Waals surface area contributed by atoms with E-state index in [9.17, 15) is 4.79 Å². The minimum absolute atomic E-state index is 0.126. The number of nitrogens with one attached hydrogen (secondary N) is 1. The van der Waals surface area contributed by atoms with Gasteiger partial charge < -0.3 is 16.0 Å². The van der Waals surface area contributed by atoms with Gasteiger partial charge in [0.1, 0.15) is 0 Å². The van der Waals surface area contributed by atoms with Crippen LogP contribution < -0.4 is 11.1 Å². The van der Waals surface area contributed by atoms with Crippen molar-refractivity contribution < 1.29 is 4.79 Å².